The molecule has 1 fully saturated rings. The molecular weight excluding hydrogens is 416 g/mol. The summed E-state index contributed by atoms with van der Waals surface area (Å²) in [5.74, 6) is 0.523. The second-order valence-corrected chi connectivity index (χ2v) is 11.2. The van der Waals surface area contributed by atoms with E-state index in [1.165, 1.54) is 0 Å². The zero-order valence-corrected chi connectivity index (χ0v) is 20.7. The molecule has 0 atom stereocenters. The Bertz CT molecular complexity index is 1220. The molecule has 0 saturated carbocycles. The van der Waals surface area contributed by atoms with Gasteiger partial charge < -0.3 is 14.6 Å². The predicted molar refractivity (Wildman–Crippen MR) is 132 cm³/mol. The first-order chi connectivity index (χ1) is 15.4. The van der Waals surface area contributed by atoms with Gasteiger partial charge in [-0.2, -0.15) is 5.10 Å². The maximum Gasteiger partial charge on any atom is 0.410 e. The number of fused-ring (bicyclic) bond motifs is 3. The van der Waals surface area contributed by atoms with Crippen LogP contribution in [0.2, 0.25) is 0 Å². The van der Waals surface area contributed by atoms with Gasteiger partial charge in [0.25, 0.3) is 5.56 Å². The van der Waals surface area contributed by atoms with E-state index >= 15 is 0 Å². The molecule has 1 aliphatic heterocycles. The maximum atomic E-state index is 12.8. The third kappa shape index (κ3) is 4.92. The fraction of sp³-hybridized carbons (Fsp3) is 0.577. The second kappa shape index (κ2) is 8.50. The minimum absolute atomic E-state index is 0.140. The Balaban J connectivity index is 1.57. The van der Waals surface area contributed by atoms with Gasteiger partial charge in [0.05, 0.1) is 5.54 Å². The lowest BCUT2D eigenvalue weighted by atomic mass is 9.90. The molecule has 0 bridgehead atoms. The molecule has 1 aliphatic rings. The average molecular weight is 453 g/mol. The highest BCUT2D eigenvalue weighted by Crippen LogP contribution is 2.31. The summed E-state index contributed by atoms with van der Waals surface area (Å²) in [7, 11) is 0. The van der Waals surface area contributed by atoms with Gasteiger partial charge in [-0.15, -0.1) is 0 Å². The zero-order valence-electron chi connectivity index (χ0n) is 20.7. The summed E-state index contributed by atoms with van der Waals surface area (Å²) in [4.78, 5) is 30.0. The Labute approximate surface area is 195 Å². The molecule has 3 aromatic rings. The Kier molecular flexibility index (Phi) is 6.01. The first-order valence-electron chi connectivity index (χ1n) is 11.9. The quantitative estimate of drug-likeness (QED) is 0.591. The molecule has 33 heavy (non-hydrogen) atoms. The number of hydrogen-bond acceptors (Lipinski definition) is 4. The van der Waals surface area contributed by atoms with E-state index in [0.29, 0.717) is 11.4 Å². The van der Waals surface area contributed by atoms with Crippen LogP contribution in [0.15, 0.2) is 29.1 Å². The predicted octanol–water partition coefficient (Wildman–Crippen LogP) is 5.21. The minimum atomic E-state index is -0.471. The van der Waals surface area contributed by atoms with E-state index in [0.717, 1.165) is 60.8 Å². The standard InChI is InChI=1S/C26H36N4O3/c1-25(2,3)30-20(21-18-9-7-8-10-19(18)27-23(31)22(21)28-30)12-11-17-13-15-29(16-14-17)24(32)33-26(4,5)6/h7-10,17H,11-16H2,1-6H3,(H,27,31). The number of carbonyl (C=O) groups excluding carboxylic acids is 1. The third-order valence-electron chi connectivity index (χ3n) is 6.33. The van der Waals surface area contributed by atoms with E-state index in [4.69, 9.17) is 9.84 Å². The molecule has 1 aromatic carbocycles. The Morgan fingerprint density at radius 1 is 1.12 bits per heavy atom. The molecule has 0 radical (unpaired) electrons. The van der Waals surface area contributed by atoms with Crippen LogP contribution >= 0.6 is 0 Å². The number of amides is 1. The summed E-state index contributed by atoms with van der Waals surface area (Å²) in [5, 5.41) is 6.78. The Morgan fingerprint density at radius 2 is 1.79 bits per heavy atom. The first-order valence-corrected chi connectivity index (χ1v) is 11.9. The number of aromatic nitrogens is 3. The van der Waals surface area contributed by atoms with Crippen LogP contribution < -0.4 is 5.56 Å². The Morgan fingerprint density at radius 3 is 2.42 bits per heavy atom. The smallest absolute Gasteiger partial charge is 0.410 e. The van der Waals surface area contributed by atoms with Crippen molar-refractivity contribution in [2.75, 3.05) is 13.1 Å². The number of carbonyl (C=O) groups is 1. The maximum absolute atomic E-state index is 12.8. The number of benzene rings is 1. The lowest BCUT2D eigenvalue weighted by Gasteiger charge is -2.33. The van der Waals surface area contributed by atoms with Crippen molar-refractivity contribution in [3.05, 3.63) is 40.3 Å². The summed E-state index contributed by atoms with van der Waals surface area (Å²) in [5.41, 5.74) is 1.63. The molecule has 7 heteroatoms. The van der Waals surface area contributed by atoms with Crippen molar-refractivity contribution in [3.63, 3.8) is 0 Å². The molecule has 178 valence electrons. The van der Waals surface area contributed by atoms with Gasteiger partial charge in [-0.05, 0) is 79.2 Å². The molecule has 0 aliphatic carbocycles. The van der Waals surface area contributed by atoms with E-state index < -0.39 is 5.60 Å². The summed E-state index contributed by atoms with van der Waals surface area (Å²) in [6.07, 6.45) is 3.55. The molecular formula is C26H36N4O3. The number of aromatic amines is 1. The zero-order chi connectivity index (χ0) is 24.0. The SMILES string of the molecule is CC(C)(C)OC(=O)N1CCC(CCc2c3c(nn2C(C)(C)C)c(=O)[nH]c2ccccc23)CC1. The van der Waals surface area contributed by atoms with Gasteiger partial charge >= 0.3 is 6.09 Å². The lowest BCUT2D eigenvalue weighted by Crippen LogP contribution is -2.41. The number of aryl methyl sites for hydroxylation is 1. The number of ether oxygens (including phenoxy) is 1. The van der Waals surface area contributed by atoms with E-state index in [1.54, 1.807) is 0 Å². The number of piperidine rings is 1. The normalized spacial score (nSPS) is 16.0. The summed E-state index contributed by atoms with van der Waals surface area (Å²) in [6, 6.07) is 7.95. The highest BCUT2D eigenvalue weighted by atomic mass is 16.6. The molecule has 1 saturated heterocycles. The molecule has 1 N–H and O–H groups in total. The minimum Gasteiger partial charge on any atom is -0.444 e. The average Bonchev–Trinajstić information content (AvgIpc) is 3.12. The highest BCUT2D eigenvalue weighted by Gasteiger charge is 2.28. The van der Waals surface area contributed by atoms with E-state index in [-0.39, 0.29) is 17.2 Å². The first kappa shape index (κ1) is 23.3. The molecule has 4 rings (SSSR count). The monoisotopic (exact) mass is 452 g/mol. The van der Waals surface area contributed by atoms with Gasteiger partial charge in [0.1, 0.15) is 5.60 Å². The second-order valence-electron chi connectivity index (χ2n) is 11.2. The van der Waals surface area contributed by atoms with Crippen LogP contribution in [0.4, 0.5) is 4.79 Å². The van der Waals surface area contributed by atoms with Gasteiger partial charge in [-0.3, -0.25) is 9.48 Å². The molecule has 1 amide bonds. The number of likely N-dealkylation sites (tertiary alicyclic amines) is 1. The molecule has 7 nitrogen and oxygen atoms in total. The molecule has 0 spiro atoms. The van der Waals surface area contributed by atoms with Crippen LogP contribution in [-0.4, -0.2) is 44.4 Å². The van der Waals surface area contributed by atoms with E-state index in [9.17, 15) is 9.59 Å². The van der Waals surface area contributed by atoms with Crippen LogP contribution in [0, 0.1) is 5.92 Å². The number of hydrogen-bond donors (Lipinski definition) is 1. The highest BCUT2D eigenvalue weighted by molar-refractivity contribution is 6.05. The van der Waals surface area contributed by atoms with Crippen LogP contribution in [0.3, 0.4) is 0 Å². The number of pyridine rings is 1. The van der Waals surface area contributed by atoms with E-state index in [1.807, 2.05) is 48.6 Å². The number of rotatable bonds is 3. The van der Waals surface area contributed by atoms with Gasteiger partial charge in [-0.1, -0.05) is 18.2 Å². The fourth-order valence-corrected chi connectivity index (χ4v) is 4.74. The molecule has 3 heterocycles. The van der Waals surface area contributed by atoms with Crippen LogP contribution in [-0.2, 0) is 16.7 Å². The van der Waals surface area contributed by atoms with Crippen molar-refractivity contribution < 1.29 is 9.53 Å². The van der Waals surface area contributed by atoms with Crippen LogP contribution in [0.5, 0.6) is 0 Å². The Hall–Kier alpha value is -2.83. The molecule has 0 unspecified atom stereocenters. The third-order valence-corrected chi connectivity index (χ3v) is 6.33. The summed E-state index contributed by atoms with van der Waals surface area (Å²) >= 11 is 0. The van der Waals surface area contributed by atoms with Gasteiger partial charge in [0.2, 0.25) is 0 Å². The van der Waals surface area contributed by atoms with E-state index in [2.05, 4.69) is 31.8 Å². The largest absolute Gasteiger partial charge is 0.444 e. The van der Waals surface area contributed by atoms with Crippen molar-refractivity contribution in [2.45, 2.75) is 78.4 Å². The van der Waals surface area contributed by atoms with Crippen molar-refractivity contribution in [2.24, 2.45) is 5.92 Å². The van der Waals surface area contributed by atoms with Crippen molar-refractivity contribution >= 4 is 27.9 Å². The number of nitrogens with one attached hydrogen (secondary N) is 1. The summed E-state index contributed by atoms with van der Waals surface area (Å²) in [6.45, 7) is 13.5. The summed E-state index contributed by atoms with van der Waals surface area (Å²) < 4.78 is 7.56. The number of H-pyrrole nitrogens is 1. The van der Waals surface area contributed by atoms with Gasteiger partial charge in [0, 0.05) is 35.1 Å². The number of para-hydroxylation sites is 1. The van der Waals surface area contributed by atoms with Crippen molar-refractivity contribution in [1.29, 1.82) is 0 Å². The van der Waals surface area contributed by atoms with Gasteiger partial charge in [-0.25, -0.2) is 4.79 Å². The van der Waals surface area contributed by atoms with Crippen molar-refractivity contribution in [1.82, 2.24) is 19.7 Å². The topological polar surface area (TPSA) is 80.2 Å². The fourth-order valence-electron chi connectivity index (χ4n) is 4.74. The van der Waals surface area contributed by atoms with Gasteiger partial charge in [0.15, 0.2) is 5.52 Å². The van der Waals surface area contributed by atoms with Crippen LogP contribution in [0.25, 0.3) is 21.8 Å². The number of nitrogens with zero attached hydrogens (tertiary/aromatic N) is 3. The lowest BCUT2D eigenvalue weighted by molar-refractivity contribution is 0.0181. The molecule has 2 aromatic heterocycles. The van der Waals surface area contributed by atoms with Crippen LogP contribution in [0.1, 0.15) is 66.5 Å². The van der Waals surface area contributed by atoms with Crippen molar-refractivity contribution in [3.8, 4) is 0 Å².